The Bertz CT molecular complexity index is 364. The topological polar surface area (TPSA) is 38.7 Å². The molecule has 0 aromatic heterocycles. The van der Waals surface area contributed by atoms with Gasteiger partial charge in [0.25, 0.3) is 0 Å². The summed E-state index contributed by atoms with van der Waals surface area (Å²) >= 11 is 0. The summed E-state index contributed by atoms with van der Waals surface area (Å²) in [5.74, 6) is 1.15. The van der Waals surface area contributed by atoms with Crippen molar-refractivity contribution in [2.75, 3.05) is 13.2 Å². The number of rotatable bonds is 3. The number of ether oxygens (including phenoxy) is 2. The molecule has 94 valence electrons. The van der Waals surface area contributed by atoms with Crippen LogP contribution in [0, 0.1) is 12.8 Å². The van der Waals surface area contributed by atoms with Gasteiger partial charge in [-0.1, -0.05) is 25.1 Å². The van der Waals surface area contributed by atoms with E-state index in [1.54, 1.807) is 0 Å². The first-order valence-corrected chi connectivity index (χ1v) is 6.17. The van der Waals surface area contributed by atoms with Gasteiger partial charge in [-0.25, -0.2) is 0 Å². The maximum atomic E-state index is 9.22. The first-order chi connectivity index (χ1) is 8.22. The molecule has 0 radical (unpaired) electrons. The molecule has 0 spiro atoms. The van der Waals surface area contributed by atoms with E-state index in [2.05, 4.69) is 6.92 Å². The number of aliphatic hydroxyl groups excluding tert-OH is 1. The quantitative estimate of drug-likeness (QED) is 0.874. The molecule has 3 nitrogen and oxygen atoms in total. The second-order valence-electron chi connectivity index (χ2n) is 4.66. The zero-order valence-electron chi connectivity index (χ0n) is 10.4. The van der Waals surface area contributed by atoms with Crippen molar-refractivity contribution in [3.05, 3.63) is 29.8 Å². The summed E-state index contributed by atoms with van der Waals surface area (Å²) in [6, 6.07) is 8.02. The van der Waals surface area contributed by atoms with Crippen molar-refractivity contribution >= 4 is 0 Å². The van der Waals surface area contributed by atoms with Gasteiger partial charge < -0.3 is 14.6 Å². The van der Waals surface area contributed by atoms with Gasteiger partial charge >= 0.3 is 0 Å². The lowest BCUT2D eigenvalue weighted by atomic mass is 9.93. The fraction of sp³-hybridized carbons (Fsp3) is 0.571. The van der Waals surface area contributed by atoms with E-state index >= 15 is 0 Å². The molecule has 0 bridgehead atoms. The Kier molecular flexibility index (Phi) is 4.02. The Morgan fingerprint density at radius 1 is 1.41 bits per heavy atom. The minimum absolute atomic E-state index is 0.0643. The molecule has 1 N–H and O–H groups in total. The van der Waals surface area contributed by atoms with Crippen LogP contribution in [0.2, 0.25) is 0 Å². The molecule has 1 aliphatic rings. The molecule has 1 aliphatic heterocycles. The molecule has 1 saturated heterocycles. The third-order valence-corrected chi connectivity index (χ3v) is 3.46. The van der Waals surface area contributed by atoms with Crippen molar-refractivity contribution in [3.8, 4) is 5.75 Å². The van der Waals surface area contributed by atoms with Crippen molar-refractivity contribution in [3.63, 3.8) is 0 Å². The van der Waals surface area contributed by atoms with E-state index in [1.165, 1.54) is 0 Å². The van der Waals surface area contributed by atoms with Crippen LogP contribution in [0.4, 0.5) is 0 Å². The molecule has 2 unspecified atom stereocenters. The number of benzene rings is 1. The fourth-order valence-corrected chi connectivity index (χ4v) is 2.23. The van der Waals surface area contributed by atoms with Crippen molar-refractivity contribution < 1.29 is 14.6 Å². The van der Waals surface area contributed by atoms with Gasteiger partial charge in [0.2, 0.25) is 0 Å². The highest BCUT2D eigenvalue weighted by Crippen LogP contribution is 2.27. The first kappa shape index (κ1) is 12.4. The minimum Gasteiger partial charge on any atom is -0.490 e. The molecule has 3 heteroatoms. The van der Waals surface area contributed by atoms with Crippen molar-refractivity contribution in [1.29, 1.82) is 0 Å². The molecule has 17 heavy (non-hydrogen) atoms. The van der Waals surface area contributed by atoms with Gasteiger partial charge in [-0.05, 0) is 18.6 Å². The van der Waals surface area contributed by atoms with E-state index in [-0.39, 0.29) is 24.7 Å². The zero-order valence-corrected chi connectivity index (χ0v) is 10.4. The largest absolute Gasteiger partial charge is 0.490 e. The number of aliphatic hydroxyl groups is 1. The van der Waals surface area contributed by atoms with Gasteiger partial charge in [-0.2, -0.15) is 0 Å². The highest BCUT2D eigenvalue weighted by atomic mass is 16.5. The van der Waals surface area contributed by atoms with Gasteiger partial charge in [0, 0.05) is 12.3 Å². The van der Waals surface area contributed by atoms with E-state index in [1.807, 2.05) is 31.2 Å². The predicted octanol–water partition coefficient (Wildman–Crippen LogP) is 2.16. The predicted molar refractivity (Wildman–Crippen MR) is 66.2 cm³/mol. The van der Waals surface area contributed by atoms with Crippen LogP contribution in [0.15, 0.2) is 24.3 Å². The third-order valence-electron chi connectivity index (χ3n) is 3.46. The number of para-hydroxylation sites is 1. The Morgan fingerprint density at radius 3 is 2.88 bits per heavy atom. The second-order valence-corrected chi connectivity index (χ2v) is 4.66. The molecule has 0 amide bonds. The molecular formula is C14H20O3. The van der Waals surface area contributed by atoms with Gasteiger partial charge in [-0.15, -0.1) is 0 Å². The second kappa shape index (κ2) is 5.52. The maximum absolute atomic E-state index is 9.22. The Balaban J connectivity index is 2.05. The lowest BCUT2D eigenvalue weighted by molar-refractivity contribution is -0.0956. The summed E-state index contributed by atoms with van der Waals surface area (Å²) < 4.78 is 11.5. The zero-order chi connectivity index (χ0) is 12.3. The summed E-state index contributed by atoms with van der Waals surface area (Å²) in [4.78, 5) is 0. The Labute approximate surface area is 102 Å². The van der Waals surface area contributed by atoms with Crippen LogP contribution in [0.3, 0.4) is 0 Å². The lowest BCUT2D eigenvalue weighted by Gasteiger charge is -2.35. The molecule has 0 aliphatic carbocycles. The van der Waals surface area contributed by atoms with Gasteiger partial charge in [0.05, 0.1) is 19.3 Å². The standard InChI is InChI=1S/C14H20O3/c1-10-5-3-4-6-12(10)17-13-7-8-16-14(9-15)11(13)2/h3-6,11,13-15H,7-9H2,1-2H3/t11-,13?,14?/m0/s1. The van der Waals surface area contributed by atoms with Crippen LogP contribution in [0.25, 0.3) is 0 Å². The molecule has 1 aromatic carbocycles. The van der Waals surface area contributed by atoms with Crippen LogP contribution in [-0.2, 0) is 4.74 Å². The van der Waals surface area contributed by atoms with Gasteiger partial charge in [0.15, 0.2) is 0 Å². The molecular weight excluding hydrogens is 216 g/mol. The third kappa shape index (κ3) is 2.79. The van der Waals surface area contributed by atoms with Crippen LogP contribution in [0.1, 0.15) is 18.9 Å². The minimum atomic E-state index is -0.0993. The molecule has 1 aromatic rings. The summed E-state index contributed by atoms with van der Waals surface area (Å²) in [6.07, 6.45) is 0.909. The summed E-state index contributed by atoms with van der Waals surface area (Å²) in [5, 5.41) is 9.22. The summed E-state index contributed by atoms with van der Waals surface area (Å²) in [5.41, 5.74) is 1.15. The maximum Gasteiger partial charge on any atom is 0.122 e. The van der Waals surface area contributed by atoms with E-state index in [0.717, 1.165) is 17.7 Å². The van der Waals surface area contributed by atoms with Crippen LogP contribution >= 0.6 is 0 Å². The smallest absolute Gasteiger partial charge is 0.122 e. The van der Waals surface area contributed by atoms with Gasteiger partial charge in [0.1, 0.15) is 11.9 Å². The number of aryl methyl sites for hydroxylation is 1. The lowest BCUT2D eigenvalue weighted by Crippen LogP contribution is -2.43. The van der Waals surface area contributed by atoms with E-state index < -0.39 is 0 Å². The molecule has 2 rings (SSSR count). The van der Waals surface area contributed by atoms with E-state index in [0.29, 0.717) is 6.61 Å². The highest BCUT2D eigenvalue weighted by molar-refractivity contribution is 5.32. The van der Waals surface area contributed by atoms with Crippen LogP contribution < -0.4 is 4.74 Å². The monoisotopic (exact) mass is 236 g/mol. The highest BCUT2D eigenvalue weighted by Gasteiger charge is 2.31. The van der Waals surface area contributed by atoms with Crippen molar-refractivity contribution in [2.45, 2.75) is 32.5 Å². The fourth-order valence-electron chi connectivity index (χ4n) is 2.23. The van der Waals surface area contributed by atoms with Gasteiger partial charge in [-0.3, -0.25) is 0 Å². The molecule has 0 saturated carbocycles. The SMILES string of the molecule is Cc1ccccc1OC1CCOC(CO)[C@H]1C. The van der Waals surface area contributed by atoms with Crippen molar-refractivity contribution in [2.24, 2.45) is 5.92 Å². The molecule has 3 atom stereocenters. The molecule has 1 fully saturated rings. The average molecular weight is 236 g/mol. The van der Waals surface area contributed by atoms with E-state index in [9.17, 15) is 5.11 Å². The normalized spacial score (nSPS) is 29.0. The summed E-state index contributed by atoms with van der Waals surface area (Å²) in [6.45, 7) is 4.84. The van der Waals surface area contributed by atoms with Crippen molar-refractivity contribution in [1.82, 2.24) is 0 Å². The first-order valence-electron chi connectivity index (χ1n) is 6.17. The molecule has 1 heterocycles. The van der Waals surface area contributed by atoms with Crippen LogP contribution in [-0.4, -0.2) is 30.5 Å². The summed E-state index contributed by atoms with van der Waals surface area (Å²) in [7, 11) is 0. The Morgan fingerprint density at radius 2 is 2.18 bits per heavy atom. The Hall–Kier alpha value is -1.06. The number of hydrogen-bond acceptors (Lipinski definition) is 3. The van der Waals surface area contributed by atoms with Crippen LogP contribution in [0.5, 0.6) is 5.75 Å². The number of hydrogen-bond donors (Lipinski definition) is 1. The average Bonchev–Trinajstić information content (AvgIpc) is 2.34. The van der Waals surface area contributed by atoms with E-state index in [4.69, 9.17) is 9.47 Å².